The van der Waals surface area contributed by atoms with Crippen LogP contribution in [0.4, 0.5) is 0 Å². The zero-order valence-electron chi connectivity index (χ0n) is 9.64. The fraction of sp³-hybridized carbons (Fsp3) is 0.364. The molecule has 0 aliphatic carbocycles. The third-order valence-corrected chi connectivity index (χ3v) is 3.98. The molecule has 0 fully saturated rings. The molecule has 0 aromatic heterocycles. The third-order valence-electron chi connectivity index (χ3n) is 2.63. The van der Waals surface area contributed by atoms with Crippen LogP contribution < -0.4 is 10.1 Å². The summed E-state index contributed by atoms with van der Waals surface area (Å²) < 4.78 is 27.8. The van der Waals surface area contributed by atoms with Gasteiger partial charge in [0.2, 0.25) is 0 Å². The summed E-state index contributed by atoms with van der Waals surface area (Å²) in [7, 11) is 1.50. The minimum Gasteiger partial charge on any atom is -0.480 e. The molecule has 0 saturated carbocycles. The van der Waals surface area contributed by atoms with Crippen molar-refractivity contribution >= 4 is 25.6 Å². The standard InChI is InChI=1S/C11H12ClNO4S/c1-2-13-11(14)10-6-7-5-8(18(12,15)16)3-4-9(7)17-10/h3-5,10H,2,6H2,1H3,(H,13,14). The van der Waals surface area contributed by atoms with E-state index in [2.05, 4.69) is 5.32 Å². The van der Waals surface area contributed by atoms with Gasteiger partial charge in [0.15, 0.2) is 6.10 Å². The summed E-state index contributed by atoms with van der Waals surface area (Å²) in [5.41, 5.74) is 0.674. The van der Waals surface area contributed by atoms with E-state index in [4.69, 9.17) is 15.4 Å². The zero-order valence-corrected chi connectivity index (χ0v) is 11.2. The quantitative estimate of drug-likeness (QED) is 0.844. The fourth-order valence-corrected chi connectivity index (χ4v) is 2.61. The van der Waals surface area contributed by atoms with Crippen molar-refractivity contribution in [3.63, 3.8) is 0 Å². The molecule has 2 rings (SSSR count). The summed E-state index contributed by atoms with van der Waals surface area (Å²) >= 11 is 0. The Morgan fingerprint density at radius 2 is 2.28 bits per heavy atom. The van der Waals surface area contributed by atoms with Crippen molar-refractivity contribution < 1.29 is 17.9 Å². The number of carbonyl (C=O) groups excluding carboxylic acids is 1. The summed E-state index contributed by atoms with van der Waals surface area (Å²) in [4.78, 5) is 11.6. The molecular weight excluding hydrogens is 278 g/mol. The van der Waals surface area contributed by atoms with Gasteiger partial charge in [0.25, 0.3) is 15.0 Å². The second-order valence-electron chi connectivity index (χ2n) is 3.91. The maximum absolute atomic E-state index is 11.6. The van der Waals surface area contributed by atoms with Crippen LogP contribution in [0.1, 0.15) is 12.5 Å². The summed E-state index contributed by atoms with van der Waals surface area (Å²) in [6.07, 6.45) is -0.255. The molecule has 1 amide bonds. The largest absolute Gasteiger partial charge is 0.480 e. The highest BCUT2D eigenvalue weighted by Crippen LogP contribution is 2.31. The first-order valence-corrected chi connectivity index (χ1v) is 7.74. The van der Waals surface area contributed by atoms with Gasteiger partial charge in [-0.1, -0.05) is 0 Å². The molecule has 1 atom stereocenters. The van der Waals surface area contributed by atoms with Gasteiger partial charge in [0.05, 0.1) is 4.90 Å². The van der Waals surface area contributed by atoms with Gasteiger partial charge in [-0.05, 0) is 30.7 Å². The van der Waals surface area contributed by atoms with Crippen molar-refractivity contribution in [1.29, 1.82) is 0 Å². The molecule has 1 N–H and O–H groups in total. The lowest BCUT2D eigenvalue weighted by Crippen LogP contribution is -2.37. The Morgan fingerprint density at radius 1 is 1.56 bits per heavy atom. The summed E-state index contributed by atoms with van der Waals surface area (Å²) in [6, 6.07) is 4.32. The highest BCUT2D eigenvalue weighted by molar-refractivity contribution is 8.13. The Hall–Kier alpha value is -1.27. The molecule has 0 spiro atoms. The average Bonchev–Trinajstić information content (AvgIpc) is 2.70. The smallest absolute Gasteiger partial charge is 0.261 e. The fourth-order valence-electron chi connectivity index (χ4n) is 1.81. The lowest BCUT2D eigenvalue weighted by Gasteiger charge is -2.09. The minimum absolute atomic E-state index is 0.0167. The number of nitrogens with one attached hydrogen (secondary N) is 1. The molecule has 0 saturated heterocycles. The predicted molar refractivity (Wildman–Crippen MR) is 66.3 cm³/mol. The van der Waals surface area contributed by atoms with Gasteiger partial charge in [-0.25, -0.2) is 8.42 Å². The number of benzene rings is 1. The Morgan fingerprint density at radius 3 is 2.89 bits per heavy atom. The SMILES string of the molecule is CCNC(=O)C1Cc2cc(S(=O)(=O)Cl)ccc2O1. The Labute approximate surface area is 110 Å². The molecule has 1 heterocycles. The number of hydrogen-bond donors (Lipinski definition) is 1. The van der Waals surface area contributed by atoms with Gasteiger partial charge < -0.3 is 10.1 Å². The van der Waals surface area contributed by atoms with E-state index in [1.165, 1.54) is 18.2 Å². The van der Waals surface area contributed by atoms with E-state index in [-0.39, 0.29) is 10.8 Å². The number of hydrogen-bond acceptors (Lipinski definition) is 4. The van der Waals surface area contributed by atoms with E-state index in [9.17, 15) is 13.2 Å². The summed E-state index contributed by atoms with van der Waals surface area (Å²) in [5, 5.41) is 2.66. The third kappa shape index (κ3) is 2.59. The van der Waals surface area contributed by atoms with Gasteiger partial charge in [-0.3, -0.25) is 4.79 Å². The highest BCUT2D eigenvalue weighted by atomic mass is 35.7. The van der Waals surface area contributed by atoms with Crippen molar-refractivity contribution in [3.05, 3.63) is 23.8 Å². The molecule has 7 heteroatoms. The van der Waals surface area contributed by atoms with Gasteiger partial charge in [-0.15, -0.1) is 0 Å². The molecule has 98 valence electrons. The maximum atomic E-state index is 11.6. The first kappa shape index (κ1) is 13.2. The van der Waals surface area contributed by atoms with E-state index in [0.717, 1.165) is 0 Å². The molecule has 1 aliphatic rings. The molecule has 1 aliphatic heterocycles. The van der Waals surface area contributed by atoms with Crippen LogP contribution in [0, 0.1) is 0 Å². The van der Waals surface area contributed by atoms with Crippen LogP contribution in [-0.2, 0) is 20.3 Å². The van der Waals surface area contributed by atoms with Gasteiger partial charge in [-0.2, -0.15) is 0 Å². The number of likely N-dealkylation sites (N-methyl/N-ethyl adjacent to an activating group) is 1. The van der Waals surface area contributed by atoms with Gasteiger partial charge in [0.1, 0.15) is 5.75 Å². The molecule has 1 aromatic carbocycles. The second-order valence-corrected chi connectivity index (χ2v) is 6.48. The molecule has 1 unspecified atom stereocenters. The van der Waals surface area contributed by atoms with Crippen LogP contribution in [0.25, 0.3) is 0 Å². The second kappa shape index (κ2) is 4.78. The Bertz CT molecular complexity index is 585. The minimum atomic E-state index is -3.76. The van der Waals surface area contributed by atoms with Crippen molar-refractivity contribution in [2.24, 2.45) is 0 Å². The zero-order chi connectivity index (χ0) is 13.3. The molecule has 0 radical (unpaired) electrons. The van der Waals surface area contributed by atoms with Crippen LogP contribution in [0.3, 0.4) is 0 Å². The van der Waals surface area contributed by atoms with Crippen LogP contribution in [-0.4, -0.2) is 27.0 Å². The van der Waals surface area contributed by atoms with E-state index >= 15 is 0 Å². The van der Waals surface area contributed by atoms with Crippen molar-refractivity contribution in [2.45, 2.75) is 24.3 Å². The number of carbonyl (C=O) groups is 1. The Kier molecular flexibility index (Phi) is 3.49. The lowest BCUT2D eigenvalue weighted by molar-refractivity contribution is -0.127. The van der Waals surface area contributed by atoms with E-state index in [0.29, 0.717) is 24.3 Å². The van der Waals surface area contributed by atoms with Crippen molar-refractivity contribution in [2.75, 3.05) is 6.54 Å². The van der Waals surface area contributed by atoms with Crippen molar-refractivity contribution in [1.82, 2.24) is 5.32 Å². The summed E-state index contributed by atoms with van der Waals surface area (Å²) in [5.74, 6) is 0.319. The topological polar surface area (TPSA) is 72.5 Å². The molecular formula is C11H12ClNO4S. The monoisotopic (exact) mass is 289 g/mol. The number of ether oxygens (including phenoxy) is 1. The number of fused-ring (bicyclic) bond motifs is 1. The number of amides is 1. The van der Waals surface area contributed by atoms with E-state index in [1.807, 2.05) is 6.92 Å². The molecule has 1 aromatic rings. The first-order valence-electron chi connectivity index (χ1n) is 5.43. The Balaban J connectivity index is 2.23. The summed E-state index contributed by atoms with van der Waals surface area (Å²) in [6.45, 7) is 2.34. The van der Waals surface area contributed by atoms with E-state index < -0.39 is 15.2 Å². The molecule has 18 heavy (non-hydrogen) atoms. The number of halogens is 1. The van der Waals surface area contributed by atoms with E-state index in [1.54, 1.807) is 0 Å². The molecule has 0 bridgehead atoms. The first-order chi connectivity index (χ1) is 8.41. The predicted octanol–water partition coefficient (Wildman–Crippen LogP) is 1.05. The average molecular weight is 290 g/mol. The normalized spacial score (nSPS) is 18.0. The lowest BCUT2D eigenvalue weighted by atomic mass is 10.1. The van der Waals surface area contributed by atoms with Crippen LogP contribution >= 0.6 is 10.7 Å². The molecule has 5 nitrogen and oxygen atoms in total. The van der Waals surface area contributed by atoms with Gasteiger partial charge in [0, 0.05) is 23.6 Å². The highest BCUT2D eigenvalue weighted by Gasteiger charge is 2.29. The van der Waals surface area contributed by atoms with Crippen LogP contribution in [0.15, 0.2) is 23.1 Å². The van der Waals surface area contributed by atoms with Crippen LogP contribution in [0.2, 0.25) is 0 Å². The maximum Gasteiger partial charge on any atom is 0.261 e. The van der Waals surface area contributed by atoms with Crippen molar-refractivity contribution in [3.8, 4) is 5.75 Å². The number of rotatable bonds is 3. The van der Waals surface area contributed by atoms with Gasteiger partial charge >= 0.3 is 0 Å². The van der Waals surface area contributed by atoms with Crippen LogP contribution in [0.5, 0.6) is 5.75 Å².